The molecule has 0 saturated heterocycles. The van der Waals surface area contributed by atoms with Crippen molar-refractivity contribution in [3.8, 4) is 0 Å². The van der Waals surface area contributed by atoms with Crippen molar-refractivity contribution >= 4 is 11.6 Å². The molecule has 0 amide bonds. The molecule has 0 heterocycles. The predicted molar refractivity (Wildman–Crippen MR) is 46.3 cm³/mol. The van der Waals surface area contributed by atoms with Gasteiger partial charge in [-0.2, -0.15) is 0 Å². The fourth-order valence-corrected chi connectivity index (χ4v) is 0.718. The van der Waals surface area contributed by atoms with Crippen LogP contribution in [0.3, 0.4) is 0 Å². The van der Waals surface area contributed by atoms with E-state index >= 15 is 0 Å². The van der Waals surface area contributed by atoms with E-state index in [2.05, 4.69) is 0 Å². The summed E-state index contributed by atoms with van der Waals surface area (Å²) in [7, 11) is 1.57. The highest BCUT2D eigenvalue weighted by Crippen LogP contribution is 2.15. The molecule has 0 aliphatic heterocycles. The van der Waals surface area contributed by atoms with E-state index in [0.717, 1.165) is 0 Å². The largest absolute Gasteiger partial charge is 0.466 e. The topological polar surface area (TPSA) is 18.5 Å². The Hall–Kier alpha value is -0.470. The quantitative estimate of drug-likeness (QED) is 0.373. The van der Waals surface area contributed by atoms with E-state index in [0.29, 0.717) is 10.8 Å². The molecule has 0 aromatic heterocycles. The van der Waals surface area contributed by atoms with Gasteiger partial charge in [0.1, 0.15) is 5.76 Å². The van der Waals surface area contributed by atoms with Crippen LogP contribution in [0.4, 0.5) is 0 Å². The summed E-state index contributed by atoms with van der Waals surface area (Å²) in [6.07, 6.45) is 3.56. The van der Waals surface area contributed by atoms with Crippen molar-refractivity contribution in [2.24, 2.45) is 0 Å². The van der Waals surface area contributed by atoms with Gasteiger partial charge in [-0.25, -0.2) is 0 Å². The number of hydrogen-bond donors (Lipinski definition) is 0. The third-order valence-electron chi connectivity index (χ3n) is 1.08. The Morgan fingerprint density at radius 2 is 2.00 bits per heavy atom. The summed E-state index contributed by atoms with van der Waals surface area (Å²) in [6.45, 7) is 3.93. The van der Waals surface area contributed by atoms with Crippen LogP contribution in [0.25, 0.3) is 0 Å². The van der Waals surface area contributed by atoms with Gasteiger partial charge in [0.15, 0.2) is 6.79 Å². The Morgan fingerprint density at radius 1 is 1.36 bits per heavy atom. The Balaban J connectivity index is 3.98. The lowest BCUT2D eigenvalue weighted by molar-refractivity contribution is 0.00931. The van der Waals surface area contributed by atoms with Crippen molar-refractivity contribution in [1.82, 2.24) is 0 Å². The molecule has 2 nitrogen and oxygen atoms in total. The Labute approximate surface area is 72.4 Å². The van der Waals surface area contributed by atoms with E-state index < -0.39 is 0 Å². The van der Waals surface area contributed by atoms with E-state index in [1.807, 2.05) is 13.8 Å². The Morgan fingerprint density at radius 3 is 2.36 bits per heavy atom. The summed E-state index contributed by atoms with van der Waals surface area (Å²) in [5.74, 6) is 0.649. The third kappa shape index (κ3) is 4.06. The first-order chi connectivity index (χ1) is 5.26. The summed E-state index contributed by atoms with van der Waals surface area (Å²) in [5.41, 5.74) is 0. The van der Waals surface area contributed by atoms with Crippen LogP contribution in [-0.4, -0.2) is 13.9 Å². The number of halogens is 1. The van der Waals surface area contributed by atoms with Crippen LogP contribution in [0.2, 0.25) is 0 Å². The zero-order valence-electron chi connectivity index (χ0n) is 7.06. The van der Waals surface area contributed by atoms with Crippen LogP contribution in [0.15, 0.2) is 22.9 Å². The molecule has 0 fully saturated rings. The molecule has 0 N–H and O–H groups in total. The van der Waals surface area contributed by atoms with Crippen molar-refractivity contribution < 1.29 is 9.47 Å². The molecule has 0 aliphatic carbocycles. The number of allylic oxidation sites excluding steroid dienone is 3. The summed E-state index contributed by atoms with van der Waals surface area (Å²) >= 11 is 5.78. The van der Waals surface area contributed by atoms with Crippen LogP contribution in [0.1, 0.15) is 13.8 Å². The van der Waals surface area contributed by atoms with E-state index in [9.17, 15) is 0 Å². The summed E-state index contributed by atoms with van der Waals surface area (Å²) in [4.78, 5) is 0. The molecule has 64 valence electrons. The lowest BCUT2D eigenvalue weighted by Crippen LogP contribution is -1.96. The van der Waals surface area contributed by atoms with Crippen LogP contribution in [0, 0.1) is 0 Å². The molecule has 0 radical (unpaired) electrons. The fourth-order valence-electron chi connectivity index (χ4n) is 0.555. The maximum atomic E-state index is 5.78. The van der Waals surface area contributed by atoms with Gasteiger partial charge >= 0.3 is 0 Å². The molecule has 0 aromatic carbocycles. The maximum absolute atomic E-state index is 5.78. The highest BCUT2D eigenvalue weighted by molar-refractivity contribution is 6.31. The lowest BCUT2D eigenvalue weighted by atomic mass is 10.4. The van der Waals surface area contributed by atoms with Gasteiger partial charge in [-0.05, 0) is 19.9 Å². The van der Waals surface area contributed by atoms with Crippen LogP contribution in [0.5, 0.6) is 0 Å². The Bertz CT molecular complexity index is 161. The van der Waals surface area contributed by atoms with E-state index in [4.69, 9.17) is 21.1 Å². The molecule has 0 rings (SSSR count). The van der Waals surface area contributed by atoms with Gasteiger partial charge in [0.2, 0.25) is 0 Å². The number of hydrogen-bond acceptors (Lipinski definition) is 2. The number of rotatable bonds is 4. The van der Waals surface area contributed by atoms with Gasteiger partial charge in [-0.15, -0.1) is 0 Å². The zero-order valence-corrected chi connectivity index (χ0v) is 7.81. The Kier molecular flexibility index (Phi) is 5.99. The smallest absolute Gasteiger partial charge is 0.188 e. The first-order valence-corrected chi connectivity index (χ1v) is 3.74. The predicted octanol–water partition coefficient (Wildman–Crippen LogP) is 2.65. The molecular formula is C8H13ClO2. The molecule has 0 saturated carbocycles. The van der Waals surface area contributed by atoms with Crippen molar-refractivity contribution in [3.63, 3.8) is 0 Å². The maximum Gasteiger partial charge on any atom is 0.188 e. The zero-order chi connectivity index (χ0) is 8.69. The molecule has 11 heavy (non-hydrogen) atoms. The van der Waals surface area contributed by atoms with Gasteiger partial charge in [-0.1, -0.05) is 17.7 Å². The highest BCUT2D eigenvalue weighted by atomic mass is 35.5. The van der Waals surface area contributed by atoms with Crippen LogP contribution in [-0.2, 0) is 9.47 Å². The van der Waals surface area contributed by atoms with Crippen molar-refractivity contribution in [3.05, 3.63) is 22.9 Å². The summed E-state index contributed by atoms with van der Waals surface area (Å²) < 4.78 is 9.85. The second-order valence-corrected chi connectivity index (χ2v) is 2.25. The lowest BCUT2D eigenvalue weighted by Gasteiger charge is -2.06. The minimum Gasteiger partial charge on any atom is -0.466 e. The summed E-state index contributed by atoms with van der Waals surface area (Å²) in [5, 5.41) is 0.601. The average Bonchev–Trinajstić information content (AvgIpc) is 2.05. The molecule has 0 spiro atoms. The molecule has 3 heteroatoms. The van der Waals surface area contributed by atoms with Gasteiger partial charge in [0.25, 0.3) is 0 Å². The number of methoxy groups -OCH3 is 1. The van der Waals surface area contributed by atoms with Crippen LogP contribution >= 0.6 is 11.6 Å². The second-order valence-electron chi connectivity index (χ2n) is 1.84. The normalized spacial score (nSPS) is 13.5. The molecule has 0 bridgehead atoms. The first kappa shape index (κ1) is 10.5. The fraction of sp³-hybridized carbons (Fsp3) is 0.500. The van der Waals surface area contributed by atoms with E-state index in [1.165, 1.54) is 0 Å². The highest BCUT2D eigenvalue weighted by Gasteiger charge is 1.99. The third-order valence-corrected chi connectivity index (χ3v) is 1.49. The number of ether oxygens (including phenoxy) is 2. The molecule has 0 aromatic rings. The second kappa shape index (κ2) is 6.25. The molecule has 0 aliphatic rings. The van der Waals surface area contributed by atoms with E-state index in [1.54, 1.807) is 19.3 Å². The summed E-state index contributed by atoms with van der Waals surface area (Å²) in [6, 6.07) is 0. The minimum atomic E-state index is 0.226. The molecule has 0 atom stereocenters. The standard InChI is InChI=1S/C8H13ClO2/c1-4-7(9)8(5-2)11-6-10-3/h4-5H,6H2,1-3H3/b7-4+,8-5+. The SMILES string of the molecule is C/C=C(Cl)\C(=C/C)OCOC. The van der Waals surface area contributed by atoms with Gasteiger partial charge in [-0.3, -0.25) is 0 Å². The van der Waals surface area contributed by atoms with Gasteiger partial charge < -0.3 is 9.47 Å². The van der Waals surface area contributed by atoms with Crippen molar-refractivity contribution in [2.75, 3.05) is 13.9 Å². The monoisotopic (exact) mass is 176 g/mol. The van der Waals surface area contributed by atoms with Crippen molar-refractivity contribution in [2.45, 2.75) is 13.8 Å². The first-order valence-electron chi connectivity index (χ1n) is 3.36. The van der Waals surface area contributed by atoms with Crippen molar-refractivity contribution in [1.29, 1.82) is 0 Å². The van der Waals surface area contributed by atoms with Gasteiger partial charge in [0, 0.05) is 7.11 Å². The van der Waals surface area contributed by atoms with E-state index in [-0.39, 0.29) is 6.79 Å². The molecule has 0 unspecified atom stereocenters. The molecular weight excluding hydrogens is 164 g/mol. The van der Waals surface area contributed by atoms with Gasteiger partial charge in [0.05, 0.1) is 5.03 Å². The minimum absolute atomic E-state index is 0.226. The average molecular weight is 177 g/mol. The van der Waals surface area contributed by atoms with Crippen LogP contribution < -0.4 is 0 Å².